The number of hydrogen-bond acceptors (Lipinski definition) is 6. The fourth-order valence-corrected chi connectivity index (χ4v) is 5.34. The second-order valence-corrected chi connectivity index (χ2v) is 8.43. The third-order valence-corrected chi connectivity index (χ3v) is 6.31. The molecule has 130 valence electrons. The Labute approximate surface area is 139 Å². The molecule has 2 aliphatic rings. The van der Waals surface area contributed by atoms with Crippen LogP contribution in [0.5, 0.6) is 0 Å². The molecule has 0 aromatic heterocycles. The quantitative estimate of drug-likeness (QED) is 0.626. The van der Waals surface area contributed by atoms with E-state index < -0.39 is 26.7 Å². The Bertz CT molecular complexity index is 741. The summed E-state index contributed by atoms with van der Waals surface area (Å²) in [5.74, 6) is -0.401. The minimum atomic E-state index is -3.17. The Morgan fingerprint density at radius 1 is 1.17 bits per heavy atom. The number of non-ortho nitro benzene ring substituents is 1. The summed E-state index contributed by atoms with van der Waals surface area (Å²) >= 11 is 0. The molecule has 0 radical (unpaired) electrons. The number of nitrogens with zero attached hydrogens (tertiary/aromatic N) is 2. The second kappa shape index (κ2) is 6.48. The van der Waals surface area contributed by atoms with Crippen molar-refractivity contribution in [2.75, 3.05) is 24.6 Å². The van der Waals surface area contributed by atoms with E-state index in [9.17, 15) is 23.3 Å². The third kappa shape index (κ3) is 3.57. The lowest BCUT2D eigenvalue weighted by Crippen LogP contribution is -2.50. The molecule has 2 fully saturated rings. The SMILES string of the molecule is O=C(NC1CS(=O)(=O)CC1N1CCCC1)c1ccc([N+](=O)[O-])cc1. The van der Waals surface area contributed by atoms with Crippen LogP contribution in [0.25, 0.3) is 0 Å². The van der Waals surface area contributed by atoms with Crippen LogP contribution in [-0.4, -0.2) is 60.8 Å². The van der Waals surface area contributed by atoms with Gasteiger partial charge >= 0.3 is 0 Å². The highest BCUT2D eigenvalue weighted by Gasteiger charge is 2.42. The van der Waals surface area contributed by atoms with Crippen LogP contribution in [0, 0.1) is 10.1 Å². The Kier molecular flexibility index (Phi) is 4.55. The number of hydrogen-bond donors (Lipinski definition) is 1. The largest absolute Gasteiger partial charge is 0.347 e. The molecule has 9 heteroatoms. The minimum Gasteiger partial charge on any atom is -0.347 e. The number of rotatable bonds is 4. The molecule has 2 saturated heterocycles. The second-order valence-electron chi connectivity index (χ2n) is 6.27. The van der Waals surface area contributed by atoms with Gasteiger partial charge in [-0.1, -0.05) is 0 Å². The van der Waals surface area contributed by atoms with Gasteiger partial charge in [0.1, 0.15) is 0 Å². The average molecular weight is 353 g/mol. The van der Waals surface area contributed by atoms with Crippen LogP contribution < -0.4 is 5.32 Å². The van der Waals surface area contributed by atoms with E-state index in [2.05, 4.69) is 10.2 Å². The summed E-state index contributed by atoms with van der Waals surface area (Å²) in [6.45, 7) is 1.70. The van der Waals surface area contributed by atoms with Crippen molar-refractivity contribution in [3.8, 4) is 0 Å². The van der Waals surface area contributed by atoms with Crippen molar-refractivity contribution < 1.29 is 18.1 Å². The van der Waals surface area contributed by atoms with Crippen LogP contribution in [0.15, 0.2) is 24.3 Å². The molecule has 0 spiro atoms. The van der Waals surface area contributed by atoms with Gasteiger partial charge in [0, 0.05) is 23.7 Å². The number of benzene rings is 1. The van der Waals surface area contributed by atoms with E-state index in [1.165, 1.54) is 24.3 Å². The summed E-state index contributed by atoms with van der Waals surface area (Å²) in [4.78, 5) is 24.6. The normalized spacial score (nSPS) is 26.3. The van der Waals surface area contributed by atoms with E-state index >= 15 is 0 Å². The van der Waals surface area contributed by atoms with Crippen molar-refractivity contribution in [1.82, 2.24) is 10.2 Å². The van der Waals surface area contributed by atoms with Crippen LogP contribution in [0.4, 0.5) is 5.69 Å². The van der Waals surface area contributed by atoms with E-state index in [4.69, 9.17) is 0 Å². The molecule has 0 bridgehead atoms. The lowest BCUT2D eigenvalue weighted by atomic mass is 10.1. The molecule has 2 aliphatic heterocycles. The smallest absolute Gasteiger partial charge is 0.269 e. The van der Waals surface area contributed by atoms with Gasteiger partial charge in [-0.2, -0.15) is 0 Å². The van der Waals surface area contributed by atoms with Crippen LogP contribution in [0.3, 0.4) is 0 Å². The fraction of sp³-hybridized carbons (Fsp3) is 0.533. The van der Waals surface area contributed by atoms with E-state index in [-0.39, 0.29) is 28.8 Å². The molecule has 2 atom stereocenters. The monoisotopic (exact) mass is 353 g/mol. The van der Waals surface area contributed by atoms with E-state index in [1.54, 1.807) is 0 Å². The van der Waals surface area contributed by atoms with Gasteiger partial charge in [0.05, 0.1) is 22.5 Å². The zero-order valence-corrected chi connectivity index (χ0v) is 13.9. The summed E-state index contributed by atoms with van der Waals surface area (Å²) in [7, 11) is -3.17. The number of carbonyl (C=O) groups excluding carboxylic acids is 1. The predicted molar refractivity (Wildman–Crippen MR) is 87.6 cm³/mol. The maximum absolute atomic E-state index is 12.4. The summed E-state index contributed by atoms with van der Waals surface area (Å²) < 4.78 is 24.0. The highest BCUT2D eigenvalue weighted by atomic mass is 32.2. The van der Waals surface area contributed by atoms with E-state index in [0.29, 0.717) is 0 Å². The molecular formula is C15H19N3O5S. The molecule has 0 saturated carbocycles. The van der Waals surface area contributed by atoms with Gasteiger partial charge in [-0.25, -0.2) is 8.42 Å². The first-order chi connectivity index (χ1) is 11.4. The minimum absolute atomic E-state index is 0.0626. The van der Waals surface area contributed by atoms with Crippen molar-refractivity contribution in [3.63, 3.8) is 0 Å². The van der Waals surface area contributed by atoms with Gasteiger partial charge in [0.2, 0.25) is 0 Å². The predicted octanol–water partition coefficient (Wildman–Crippen LogP) is 0.586. The molecule has 1 amide bonds. The van der Waals surface area contributed by atoms with Crippen LogP contribution >= 0.6 is 0 Å². The van der Waals surface area contributed by atoms with Crippen molar-refractivity contribution in [1.29, 1.82) is 0 Å². The van der Waals surface area contributed by atoms with Gasteiger partial charge in [-0.3, -0.25) is 19.8 Å². The number of nitro benzene ring substituents is 1. The Balaban J connectivity index is 1.72. The van der Waals surface area contributed by atoms with Crippen molar-refractivity contribution in [3.05, 3.63) is 39.9 Å². The number of likely N-dealkylation sites (tertiary alicyclic amines) is 1. The maximum Gasteiger partial charge on any atom is 0.269 e. The summed E-state index contributed by atoms with van der Waals surface area (Å²) in [6, 6.07) is 4.63. The topological polar surface area (TPSA) is 110 Å². The highest BCUT2D eigenvalue weighted by Crippen LogP contribution is 2.23. The molecule has 2 unspecified atom stereocenters. The third-order valence-electron chi connectivity index (χ3n) is 4.59. The first-order valence-electron chi connectivity index (χ1n) is 7.85. The summed E-state index contributed by atoms with van der Waals surface area (Å²) in [5.41, 5.74) is 0.190. The average Bonchev–Trinajstić information content (AvgIpc) is 3.14. The molecule has 1 N–H and O–H groups in total. The first kappa shape index (κ1) is 16.8. The summed E-state index contributed by atoms with van der Waals surface area (Å²) in [5, 5.41) is 13.5. The summed E-state index contributed by atoms with van der Waals surface area (Å²) in [6.07, 6.45) is 2.08. The molecule has 0 aliphatic carbocycles. The van der Waals surface area contributed by atoms with Crippen molar-refractivity contribution in [2.45, 2.75) is 24.9 Å². The molecule has 2 heterocycles. The van der Waals surface area contributed by atoms with Gasteiger partial charge in [-0.05, 0) is 38.1 Å². The Hall–Kier alpha value is -2.00. The Morgan fingerprint density at radius 3 is 2.38 bits per heavy atom. The van der Waals surface area contributed by atoms with Crippen LogP contribution in [0.2, 0.25) is 0 Å². The van der Waals surface area contributed by atoms with Crippen molar-refractivity contribution in [2.24, 2.45) is 0 Å². The fourth-order valence-electron chi connectivity index (χ4n) is 3.39. The number of carbonyl (C=O) groups is 1. The molecule has 3 rings (SSSR count). The first-order valence-corrected chi connectivity index (χ1v) is 9.68. The molecule has 1 aromatic rings. The Morgan fingerprint density at radius 2 is 1.79 bits per heavy atom. The highest BCUT2D eigenvalue weighted by molar-refractivity contribution is 7.91. The van der Waals surface area contributed by atoms with Gasteiger partial charge in [0.15, 0.2) is 9.84 Å². The number of nitro groups is 1. The van der Waals surface area contributed by atoms with Crippen LogP contribution in [-0.2, 0) is 9.84 Å². The van der Waals surface area contributed by atoms with E-state index in [0.717, 1.165) is 25.9 Å². The van der Waals surface area contributed by atoms with Crippen LogP contribution in [0.1, 0.15) is 23.2 Å². The number of sulfone groups is 1. The van der Waals surface area contributed by atoms with Gasteiger partial charge < -0.3 is 5.32 Å². The molecule has 1 aromatic carbocycles. The zero-order valence-electron chi connectivity index (χ0n) is 13.1. The lowest BCUT2D eigenvalue weighted by molar-refractivity contribution is -0.384. The zero-order chi connectivity index (χ0) is 17.3. The lowest BCUT2D eigenvalue weighted by Gasteiger charge is -2.28. The molecular weight excluding hydrogens is 334 g/mol. The van der Waals surface area contributed by atoms with E-state index in [1.807, 2.05) is 0 Å². The number of amides is 1. The molecule has 8 nitrogen and oxygen atoms in total. The van der Waals surface area contributed by atoms with Gasteiger partial charge in [-0.15, -0.1) is 0 Å². The van der Waals surface area contributed by atoms with Gasteiger partial charge in [0.25, 0.3) is 11.6 Å². The number of nitrogens with one attached hydrogen (secondary N) is 1. The maximum atomic E-state index is 12.4. The van der Waals surface area contributed by atoms with Crippen molar-refractivity contribution >= 4 is 21.4 Å². The standard InChI is InChI=1S/C15H19N3O5S/c19-15(11-3-5-12(6-4-11)18(20)21)16-13-9-24(22,23)10-14(13)17-7-1-2-8-17/h3-6,13-14H,1-2,7-10H2,(H,16,19). The molecule has 24 heavy (non-hydrogen) atoms.